The van der Waals surface area contributed by atoms with Crippen LogP contribution in [0.15, 0.2) is 161 Å². The van der Waals surface area contributed by atoms with Gasteiger partial charge in [0.15, 0.2) is 17.1 Å². The van der Waals surface area contributed by atoms with E-state index in [0.29, 0.717) is 88.5 Å². The lowest BCUT2D eigenvalue weighted by Crippen LogP contribution is -2.37. The fourth-order valence-electron chi connectivity index (χ4n) is 11.4. The van der Waals surface area contributed by atoms with Crippen molar-refractivity contribution in [3.05, 3.63) is 219 Å². The lowest BCUT2D eigenvalue weighted by molar-refractivity contribution is -0.130. The number of furan rings is 3. The third-order valence-electron chi connectivity index (χ3n) is 16.4. The van der Waals surface area contributed by atoms with Gasteiger partial charge in [0.25, 0.3) is 5.91 Å². The topological polar surface area (TPSA) is 353 Å². The van der Waals surface area contributed by atoms with Crippen LogP contribution in [-0.4, -0.2) is 144 Å². The summed E-state index contributed by atoms with van der Waals surface area (Å²) >= 11 is 29.9. The van der Waals surface area contributed by atoms with Crippen LogP contribution in [0.4, 0.5) is 27.5 Å². The highest BCUT2D eigenvalue weighted by Gasteiger charge is 2.25. The average Bonchev–Trinajstić information content (AvgIpc) is 1.65. The molecule has 2 amide bonds. The zero-order chi connectivity index (χ0) is 73.3. The second-order valence-corrected chi connectivity index (χ2v) is 25.5. The lowest BCUT2D eigenvalue weighted by atomic mass is 10.0. The summed E-state index contributed by atoms with van der Waals surface area (Å²) in [6, 6.07) is 26.8. The minimum absolute atomic E-state index is 0.0974. The zero-order valence-electron chi connectivity index (χ0n) is 56.8. The molecule has 29 nitrogen and oxygen atoms in total. The predicted octanol–water partition coefficient (Wildman–Crippen LogP) is 14.4. The van der Waals surface area contributed by atoms with Crippen molar-refractivity contribution in [2.75, 3.05) is 55.1 Å². The molecular formula is C70H68Cl5FN24O5. The molecule has 0 aromatic carbocycles. The SMILES string of the molecule is CC(=O)N1CCC(n2ccc3c(CCc4ccco4)nc(Cl)nc32)CC1.CN(C)C(=O)c1cc2c(NCc3ccco3)nc(Cl)nc2[nH]1.Cc1cc(CNc2nc(Cl)nc3nc[nH]c23)ccn1.Clc1cc(NCc2ccco2)c2[nH]cnc2n1.FCCn1ccc2c(NCc3ccncc3)nc(Cl)nc21. The third-order valence-corrected chi connectivity index (χ3v) is 17.3. The van der Waals surface area contributed by atoms with E-state index in [2.05, 4.69) is 118 Å². The second-order valence-electron chi connectivity index (χ2n) is 23.7. The van der Waals surface area contributed by atoms with Crippen LogP contribution in [-0.2, 0) is 50.4 Å². The van der Waals surface area contributed by atoms with Gasteiger partial charge >= 0.3 is 0 Å². The smallest absolute Gasteiger partial charge is 0.269 e. The third kappa shape index (κ3) is 19.1. The van der Waals surface area contributed by atoms with E-state index in [-0.39, 0.29) is 39.5 Å². The highest BCUT2D eigenvalue weighted by atomic mass is 35.5. The van der Waals surface area contributed by atoms with Gasteiger partial charge in [0, 0.05) is 108 Å². The molecule has 1 aliphatic rings. The van der Waals surface area contributed by atoms with Crippen LogP contribution in [0, 0.1) is 6.92 Å². The van der Waals surface area contributed by atoms with Crippen molar-refractivity contribution in [3.8, 4) is 0 Å². The number of nitrogens with zero attached hydrogens (tertiary/aromatic N) is 17. The number of hydrogen-bond acceptors (Lipinski definition) is 22. The average molecular weight is 1520 g/mol. The van der Waals surface area contributed by atoms with E-state index >= 15 is 0 Å². The van der Waals surface area contributed by atoms with Crippen LogP contribution < -0.4 is 21.3 Å². The maximum atomic E-state index is 12.5. The molecule has 1 aliphatic heterocycles. The number of anilines is 4. The van der Waals surface area contributed by atoms with Gasteiger partial charge in [-0.15, -0.1) is 0 Å². The molecule has 7 N–H and O–H groups in total. The number of alkyl halides is 1. The predicted molar refractivity (Wildman–Crippen MR) is 400 cm³/mol. The van der Waals surface area contributed by atoms with E-state index in [0.717, 1.165) is 112 Å². The van der Waals surface area contributed by atoms with Gasteiger partial charge in [-0.05, 0) is 163 Å². The van der Waals surface area contributed by atoms with E-state index in [4.69, 9.17) is 71.3 Å². The number of carbonyl (C=O) groups is 2. The first-order chi connectivity index (χ1) is 51.0. The van der Waals surface area contributed by atoms with Gasteiger partial charge in [0.2, 0.25) is 27.0 Å². The van der Waals surface area contributed by atoms with E-state index < -0.39 is 6.67 Å². The van der Waals surface area contributed by atoms with Crippen LogP contribution in [0.5, 0.6) is 0 Å². The Labute approximate surface area is 623 Å². The summed E-state index contributed by atoms with van der Waals surface area (Å²) in [6.07, 6.45) is 20.6. The van der Waals surface area contributed by atoms with Crippen molar-refractivity contribution in [1.29, 1.82) is 0 Å². The van der Waals surface area contributed by atoms with Crippen molar-refractivity contribution >= 4 is 148 Å². The number of fused-ring (bicyclic) bond motifs is 5. The number of likely N-dealkylation sites (tertiary alicyclic amines) is 1. The normalized spacial score (nSPS) is 12.1. The molecule has 16 heterocycles. The van der Waals surface area contributed by atoms with E-state index in [1.807, 2.05) is 78.6 Å². The summed E-state index contributed by atoms with van der Waals surface area (Å²) in [4.78, 5) is 90.1. The van der Waals surface area contributed by atoms with Gasteiger partial charge < -0.3 is 68.4 Å². The van der Waals surface area contributed by atoms with Gasteiger partial charge in [0.1, 0.15) is 74.4 Å². The number of H-pyrrole nitrogens is 3. The Morgan fingerprint density at radius 2 is 1.20 bits per heavy atom. The highest BCUT2D eigenvalue weighted by Crippen LogP contribution is 2.31. The van der Waals surface area contributed by atoms with Crippen molar-refractivity contribution in [1.82, 2.24) is 98.7 Å². The Balaban J connectivity index is 0.000000124. The molecule has 0 bridgehead atoms. The summed E-state index contributed by atoms with van der Waals surface area (Å²) in [5, 5.41) is 16.5. The highest BCUT2D eigenvalue weighted by molar-refractivity contribution is 6.30. The number of piperidine rings is 1. The number of halogens is 6. The maximum Gasteiger partial charge on any atom is 0.269 e. The van der Waals surface area contributed by atoms with Crippen molar-refractivity contribution < 1.29 is 27.2 Å². The summed E-state index contributed by atoms with van der Waals surface area (Å²) in [5.74, 6) is 4.37. The summed E-state index contributed by atoms with van der Waals surface area (Å²) in [5.41, 5.74) is 10.1. The fraction of sp³-hybridized carbons (Fsp3) is 0.243. The Bertz CT molecular complexity index is 5350. The number of imidazole rings is 2. The van der Waals surface area contributed by atoms with Crippen LogP contribution >= 0.6 is 58.0 Å². The van der Waals surface area contributed by atoms with Crippen LogP contribution in [0.2, 0.25) is 26.3 Å². The minimum Gasteiger partial charge on any atom is -0.469 e. The summed E-state index contributed by atoms with van der Waals surface area (Å²) < 4.78 is 32.4. The largest absolute Gasteiger partial charge is 0.469 e. The first kappa shape index (κ1) is 73.4. The molecule has 35 heteroatoms. The molecule has 0 saturated carbocycles. The summed E-state index contributed by atoms with van der Waals surface area (Å²) in [7, 11) is 3.37. The van der Waals surface area contributed by atoms with Gasteiger partial charge in [-0.25, -0.2) is 34.3 Å². The molecule has 15 aromatic heterocycles. The number of hydrogen-bond donors (Lipinski definition) is 7. The molecule has 0 atom stereocenters. The van der Waals surface area contributed by atoms with Gasteiger partial charge in [0.05, 0.1) is 73.2 Å². The van der Waals surface area contributed by atoms with Crippen LogP contribution in [0.1, 0.15) is 76.1 Å². The number of rotatable bonds is 19. The molecule has 1 fully saturated rings. The van der Waals surface area contributed by atoms with E-state index in [1.54, 1.807) is 94.0 Å². The number of pyridine rings is 3. The van der Waals surface area contributed by atoms with Gasteiger partial charge in [-0.1, -0.05) is 11.6 Å². The Kier molecular flexibility index (Phi) is 24.3. The molecule has 0 radical (unpaired) electrons. The molecule has 0 spiro atoms. The molecule has 540 valence electrons. The molecular weight excluding hydrogens is 1450 g/mol. The standard InChI is InChI=1S/C19H21ClN4O2.C14H13ClFN5.C14H14ClN5O2.C12H11ClN6.C11H9ClN4O/c1-13(25)23-9-6-14(7-10-23)24-11-8-16-17(21-19(20)22-18(16)24)5-4-15-3-2-12-26-15;15-14-19-12(18-9-10-1-5-17-6-2-10)11-3-7-21(8-4-16)13(11)20-14;1-20(2)13(21)10-6-9-11(16-7-8-4-3-5-22-8)18-14(15)19-12(9)17-10;1-7-4-8(2-3-14-7)5-15-10-9-11(17-6-16-9)19-12(13)18-10;12-9-4-8(10-11(16-9)15-6-14-10)13-5-7-2-1-3-17-7/h2-3,8,11-12,14H,4-7,9-10H2,1H3;1-3,5-7H,4,8-9H2,(H,18,19,20);3-6H,7H2,1-2H3,(H2,16,17,18,19);2-4,6H,5H2,1H3,(H2,15,16,17,18,19);1-4,6H,5H2,(H2,13,14,15,16). The lowest BCUT2D eigenvalue weighted by Gasteiger charge is -2.32. The van der Waals surface area contributed by atoms with E-state index in [1.165, 1.54) is 4.90 Å². The number of aromatic amines is 3. The molecule has 16 rings (SSSR count). The molecule has 0 aliphatic carbocycles. The maximum absolute atomic E-state index is 12.5. The molecule has 0 unspecified atom stereocenters. The quantitative estimate of drug-likeness (QED) is 0.0292. The van der Waals surface area contributed by atoms with Crippen molar-refractivity contribution in [2.45, 2.75) is 78.3 Å². The van der Waals surface area contributed by atoms with E-state index in [9.17, 15) is 14.0 Å². The second kappa shape index (κ2) is 34.8. The zero-order valence-corrected chi connectivity index (χ0v) is 60.6. The number of aromatic nitrogens is 18. The van der Waals surface area contributed by atoms with Gasteiger partial charge in [-0.3, -0.25) is 19.6 Å². The fourth-order valence-corrected chi connectivity index (χ4v) is 12.2. The molecule has 15 aromatic rings. The van der Waals surface area contributed by atoms with Crippen molar-refractivity contribution in [3.63, 3.8) is 0 Å². The van der Waals surface area contributed by atoms with Crippen LogP contribution in [0.3, 0.4) is 0 Å². The van der Waals surface area contributed by atoms with Crippen molar-refractivity contribution in [2.24, 2.45) is 0 Å². The number of nitrogens with one attached hydrogen (secondary N) is 7. The van der Waals surface area contributed by atoms with Gasteiger partial charge in [-0.2, -0.15) is 24.9 Å². The minimum atomic E-state index is -0.453. The summed E-state index contributed by atoms with van der Waals surface area (Å²) in [6.45, 7) is 7.21. The molecule has 1 saturated heterocycles. The Morgan fingerprint density at radius 1 is 0.600 bits per heavy atom. The molecule has 105 heavy (non-hydrogen) atoms. The number of carbonyl (C=O) groups excluding carboxylic acids is 2. The first-order valence-corrected chi connectivity index (χ1v) is 34.7. The Morgan fingerprint density at radius 3 is 1.89 bits per heavy atom. The number of amides is 2. The monoisotopic (exact) mass is 1520 g/mol. The number of aryl methyl sites for hydroxylation is 4. The first-order valence-electron chi connectivity index (χ1n) is 32.8. The Hall–Kier alpha value is -11.3. The van der Waals surface area contributed by atoms with Crippen LogP contribution in [0.25, 0.3) is 55.4 Å².